The summed E-state index contributed by atoms with van der Waals surface area (Å²) in [5.41, 5.74) is 2.96. The van der Waals surface area contributed by atoms with Gasteiger partial charge in [0.25, 0.3) is 0 Å². The van der Waals surface area contributed by atoms with Crippen LogP contribution >= 0.6 is 22.9 Å². The van der Waals surface area contributed by atoms with Crippen LogP contribution < -0.4 is 5.32 Å². The van der Waals surface area contributed by atoms with Crippen molar-refractivity contribution in [2.75, 3.05) is 31.2 Å². The Balaban J connectivity index is 1.64. The van der Waals surface area contributed by atoms with Crippen LogP contribution in [0.15, 0.2) is 71.6 Å². The second-order valence-corrected chi connectivity index (χ2v) is 12.3. The maximum atomic E-state index is 12.0. The smallest absolute Gasteiger partial charge is 0.175 e. The molecule has 0 spiro atoms. The lowest BCUT2D eigenvalue weighted by Gasteiger charge is -2.19. The van der Waals surface area contributed by atoms with Crippen molar-refractivity contribution >= 4 is 49.9 Å². The van der Waals surface area contributed by atoms with Gasteiger partial charge in [0, 0.05) is 23.4 Å². The van der Waals surface area contributed by atoms with Gasteiger partial charge in [-0.2, -0.15) is 0 Å². The average Bonchev–Trinajstić information content (AvgIpc) is 3.18. The molecule has 0 atom stereocenters. The molecular formula is C27H30ClN3O2S2. The Morgan fingerprint density at radius 1 is 1.06 bits per heavy atom. The molecule has 35 heavy (non-hydrogen) atoms. The van der Waals surface area contributed by atoms with E-state index in [9.17, 15) is 8.42 Å². The normalized spacial score (nSPS) is 15.5. The zero-order chi connectivity index (χ0) is 24.8. The summed E-state index contributed by atoms with van der Waals surface area (Å²) in [6.07, 6.45) is 7.99. The van der Waals surface area contributed by atoms with Gasteiger partial charge in [0.15, 0.2) is 9.84 Å². The van der Waals surface area contributed by atoms with Crippen LogP contribution in [0.5, 0.6) is 0 Å². The lowest BCUT2D eigenvalue weighted by Crippen LogP contribution is -2.30. The van der Waals surface area contributed by atoms with Gasteiger partial charge in [-0.15, -0.1) is 11.3 Å². The highest BCUT2D eigenvalue weighted by atomic mass is 35.5. The summed E-state index contributed by atoms with van der Waals surface area (Å²) >= 11 is 7.97. The molecule has 1 fully saturated rings. The molecule has 0 bridgehead atoms. The number of thiophene rings is 1. The number of hydrogen-bond acceptors (Lipinski definition) is 6. The van der Waals surface area contributed by atoms with E-state index in [0.717, 1.165) is 39.8 Å². The maximum Gasteiger partial charge on any atom is 0.175 e. The number of nitrogens with one attached hydrogen (secondary N) is 2. The van der Waals surface area contributed by atoms with Crippen LogP contribution in [0.25, 0.3) is 16.1 Å². The van der Waals surface area contributed by atoms with Crippen molar-refractivity contribution in [1.29, 1.82) is 5.41 Å². The van der Waals surface area contributed by atoms with Crippen LogP contribution in [0.1, 0.15) is 30.6 Å². The molecule has 2 aromatic carbocycles. The van der Waals surface area contributed by atoms with E-state index < -0.39 is 9.84 Å². The molecule has 1 aliphatic rings. The minimum atomic E-state index is -3.29. The predicted octanol–water partition coefficient (Wildman–Crippen LogP) is 6.82. The molecule has 1 saturated heterocycles. The monoisotopic (exact) mass is 527 g/mol. The van der Waals surface area contributed by atoms with Crippen molar-refractivity contribution in [3.05, 3.63) is 76.6 Å². The Labute approximate surface area is 216 Å². The Hall–Kier alpha value is -2.45. The molecule has 0 amide bonds. The van der Waals surface area contributed by atoms with Crippen LogP contribution in [-0.4, -0.2) is 44.9 Å². The second kappa shape index (κ2) is 11.5. The van der Waals surface area contributed by atoms with Crippen LogP contribution in [0, 0.1) is 5.41 Å². The van der Waals surface area contributed by atoms with E-state index in [-0.39, 0.29) is 0 Å². The van der Waals surface area contributed by atoms with E-state index in [4.69, 9.17) is 17.0 Å². The van der Waals surface area contributed by atoms with Gasteiger partial charge in [-0.1, -0.05) is 48.7 Å². The summed E-state index contributed by atoms with van der Waals surface area (Å²) in [5, 5.41) is 12.7. The number of para-hydroxylation sites is 1. The van der Waals surface area contributed by atoms with E-state index in [1.54, 1.807) is 29.5 Å². The molecule has 184 valence electrons. The molecule has 8 heteroatoms. The summed E-state index contributed by atoms with van der Waals surface area (Å²) < 4.78 is 24.0. The number of sulfone groups is 1. The highest BCUT2D eigenvalue weighted by Gasteiger charge is 2.15. The Morgan fingerprint density at radius 2 is 1.80 bits per heavy atom. The lowest BCUT2D eigenvalue weighted by molar-refractivity contribution is 0.325. The lowest BCUT2D eigenvalue weighted by atomic mass is 10.2. The average molecular weight is 528 g/mol. The number of rotatable bonds is 8. The molecule has 0 unspecified atom stereocenters. The largest absolute Gasteiger partial charge is 0.353 e. The van der Waals surface area contributed by atoms with Crippen molar-refractivity contribution < 1.29 is 8.42 Å². The van der Waals surface area contributed by atoms with E-state index in [2.05, 4.69) is 10.2 Å². The molecule has 0 aliphatic carbocycles. The highest BCUT2D eigenvalue weighted by Crippen LogP contribution is 2.34. The molecule has 0 radical (unpaired) electrons. The molecule has 1 aromatic heterocycles. The standard InChI is InChI=1S/C27H30ClN3O2S2/c1-35(32,33)22-10-8-9-20(17-22)26-13-14-27(34-26)25(30-24-12-5-4-11-23(24)28)18-21(29)19-31-15-6-2-3-7-16-31/h4-5,8-14,17-18,29-30H,2-3,6-7,15-16,19H2,1H3/b25-18-,29-21?. The summed E-state index contributed by atoms with van der Waals surface area (Å²) in [4.78, 5) is 4.56. The minimum Gasteiger partial charge on any atom is -0.353 e. The van der Waals surface area contributed by atoms with Gasteiger partial charge in [-0.25, -0.2) is 8.42 Å². The summed E-state index contributed by atoms with van der Waals surface area (Å²) in [6.45, 7) is 2.68. The van der Waals surface area contributed by atoms with E-state index in [1.807, 2.05) is 48.5 Å². The quantitative estimate of drug-likeness (QED) is 0.315. The maximum absolute atomic E-state index is 12.0. The molecule has 2 N–H and O–H groups in total. The Bertz CT molecular complexity index is 1320. The number of nitrogens with zero attached hydrogens (tertiary/aromatic N) is 1. The van der Waals surface area contributed by atoms with Crippen molar-refractivity contribution in [3.8, 4) is 10.4 Å². The first kappa shape index (κ1) is 25.6. The molecule has 5 nitrogen and oxygen atoms in total. The van der Waals surface area contributed by atoms with Crippen molar-refractivity contribution in [3.63, 3.8) is 0 Å². The zero-order valence-corrected chi connectivity index (χ0v) is 22.1. The predicted molar refractivity (Wildman–Crippen MR) is 149 cm³/mol. The number of hydrogen-bond donors (Lipinski definition) is 2. The molecule has 2 heterocycles. The second-order valence-electron chi connectivity index (χ2n) is 8.84. The van der Waals surface area contributed by atoms with Crippen molar-refractivity contribution in [2.45, 2.75) is 30.6 Å². The fraction of sp³-hybridized carbons (Fsp3) is 0.296. The van der Waals surface area contributed by atoms with Gasteiger partial charge >= 0.3 is 0 Å². The van der Waals surface area contributed by atoms with Crippen molar-refractivity contribution in [1.82, 2.24) is 4.90 Å². The van der Waals surface area contributed by atoms with E-state index in [0.29, 0.717) is 22.2 Å². The summed E-state index contributed by atoms with van der Waals surface area (Å²) in [7, 11) is -3.29. The highest BCUT2D eigenvalue weighted by molar-refractivity contribution is 7.90. The minimum absolute atomic E-state index is 0.300. The molecule has 3 aromatic rings. The van der Waals surface area contributed by atoms with Gasteiger partial charge in [0.2, 0.25) is 0 Å². The Kier molecular flexibility index (Phi) is 8.44. The van der Waals surface area contributed by atoms with Gasteiger partial charge < -0.3 is 10.7 Å². The van der Waals surface area contributed by atoms with Crippen molar-refractivity contribution in [2.24, 2.45) is 0 Å². The number of anilines is 1. The molecule has 1 aliphatic heterocycles. The van der Waals surface area contributed by atoms with Crippen LogP contribution in [0.2, 0.25) is 5.02 Å². The summed E-state index contributed by atoms with van der Waals surface area (Å²) in [6, 6.07) is 18.5. The topological polar surface area (TPSA) is 73.3 Å². The van der Waals surface area contributed by atoms with E-state index >= 15 is 0 Å². The third kappa shape index (κ3) is 7.04. The molecule has 4 rings (SSSR count). The SMILES string of the molecule is CS(=O)(=O)c1cccc(-c2ccc(/C(=C/C(=N)CN3CCCCCC3)Nc3ccccc3Cl)s2)c1. The van der Waals surface area contributed by atoms with Gasteiger partial charge in [0.05, 0.1) is 26.2 Å². The molecule has 0 saturated carbocycles. The fourth-order valence-electron chi connectivity index (χ4n) is 4.15. The van der Waals surface area contributed by atoms with Crippen LogP contribution in [-0.2, 0) is 9.84 Å². The first-order valence-electron chi connectivity index (χ1n) is 11.7. The summed E-state index contributed by atoms with van der Waals surface area (Å²) in [5.74, 6) is 0. The first-order chi connectivity index (χ1) is 16.8. The first-order valence-corrected chi connectivity index (χ1v) is 14.8. The third-order valence-corrected chi connectivity index (χ3v) is 8.58. The fourth-order valence-corrected chi connectivity index (χ4v) is 5.97. The van der Waals surface area contributed by atoms with Gasteiger partial charge in [-0.05, 0) is 74.0 Å². The van der Waals surface area contributed by atoms with Crippen LogP contribution in [0.4, 0.5) is 5.69 Å². The van der Waals surface area contributed by atoms with Gasteiger partial charge in [0.1, 0.15) is 0 Å². The van der Waals surface area contributed by atoms with Crippen LogP contribution in [0.3, 0.4) is 0 Å². The Morgan fingerprint density at radius 3 is 2.51 bits per heavy atom. The third-order valence-electron chi connectivity index (χ3n) is 5.97. The number of benzene rings is 2. The number of halogens is 1. The van der Waals surface area contributed by atoms with Gasteiger partial charge in [-0.3, -0.25) is 4.90 Å². The van der Waals surface area contributed by atoms with E-state index in [1.165, 1.54) is 31.9 Å². The zero-order valence-electron chi connectivity index (χ0n) is 19.8. The molecular weight excluding hydrogens is 498 g/mol. The number of likely N-dealkylation sites (tertiary alicyclic amines) is 1.